The molecule has 0 bridgehead atoms. The average molecular weight is 381 g/mol. The van der Waals surface area contributed by atoms with Gasteiger partial charge in [0.2, 0.25) is 11.9 Å². The second-order valence-corrected chi connectivity index (χ2v) is 7.13. The van der Waals surface area contributed by atoms with E-state index in [-0.39, 0.29) is 11.9 Å². The zero-order valence-electron chi connectivity index (χ0n) is 16.7. The second kappa shape index (κ2) is 9.36. The number of anilines is 2. The van der Waals surface area contributed by atoms with Crippen molar-refractivity contribution < 1.29 is 4.79 Å². The quantitative estimate of drug-likeness (QED) is 0.769. The Kier molecular flexibility index (Phi) is 6.65. The summed E-state index contributed by atoms with van der Waals surface area (Å²) in [7, 11) is 3.96. The number of hydrogen-bond acceptors (Lipinski definition) is 7. The molecule has 1 aliphatic rings. The Balaban J connectivity index is 1.81. The third kappa shape index (κ3) is 5.32. The number of carbonyl (C=O) groups is 1. The van der Waals surface area contributed by atoms with Crippen molar-refractivity contribution in [2.24, 2.45) is 0 Å². The third-order valence-corrected chi connectivity index (χ3v) is 4.52. The first-order valence-electron chi connectivity index (χ1n) is 9.54. The van der Waals surface area contributed by atoms with Crippen molar-refractivity contribution in [2.75, 3.05) is 32.5 Å². The van der Waals surface area contributed by atoms with Gasteiger partial charge in [0.15, 0.2) is 0 Å². The lowest BCUT2D eigenvalue weighted by Crippen LogP contribution is -2.38. The molecule has 0 aromatic carbocycles. The minimum atomic E-state index is -0.0517. The van der Waals surface area contributed by atoms with E-state index in [2.05, 4.69) is 25.3 Å². The van der Waals surface area contributed by atoms with Crippen LogP contribution in [0, 0.1) is 6.92 Å². The third-order valence-electron chi connectivity index (χ3n) is 4.52. The molecule has 1 saturated heterocycles. The van der Waals surface area contributed by atoms with Crippen LogP contribution in [0.4, 0.5) is 11.8 Å². The van der Waals surface area contributed by atoms with Crippen LogP contribution in [0.1, 0.15) is 36.8 Å². The Bertz CT molecular complexity index is 823. The summed E-state index contributed by atoms with van der Waals surface area (Å²) < 4.78 is 0. The van der Waals surface area contributed by atoms with Crippen LogP contribution in [0.5, 0.6) is 0 Å². The van der Waals surface area contributed by atoms with Crippen molar-refractivity contribution in [3.8, 4) is 0 Å². The number of likely N-dealkylation sites (N-methyl/N-ethyl adjacent to an activating group) is 1. The molecule has 1 amide bonds. The molecule has 1 N–H and O–H groups in total. The molecule has 3 heterocycles. The van der Waals surface area contributed by atoms with Crippen molar-refractivity contribution in [2.45, 2.75) is 32.2 Å². The van der Waals surface area contributed by atoms with Gasteiger partial charge in [-0.25, -0.2) is 19.9 Å². The Morgan fingerprint density at radius 3 is 2.82 bits per heavy atom. The van der Waals surface area contributed by atoms with Gasteiger partial charge in [-0.3, -0.25) is 4.79 Å². The number of carbonyl (C=O) groups excluding carboxylic acids is 1. The van der Waals surface area contributed by atoms with Gasteiger partial charge in [0.05, 0.1) is 11.7 Å². The van der Waals surface area contributed by atoms with Crippen LogP contribution in [-0.2, 0) is 4.79 Å². The number of nitrogens with one attached hydrogen (secondary N) is 1. The molecule has 0 unspecified atom stereocenters. The maximum Gasteiger partial charge on any atom is 0.246 e. The summed E-state index contributed by atoms with van der Waals surface area (Å²) in [6.07, 6.45) is 9.89. The lowest BCUT2D eigenvalue weighted by atomic mass is 9.98. The topological polar surface area (TPSA) is 87.1 Å². The molecule has 1 atom stereocenters. The molecule has 2 aromatic rings. The average Bonchev–Trinajstić information content (AvgIpc) is 2.68. The normalized spacial score (nSPS) is 17.3. The lowest BCUT2D eigenvalue weighted by Gasteiger charge is -2.35. The van der Waals surface area contributed by atoms with Crippen molar-refractivity contribution in [1.29, 1.82) is 0 Å². The summed E-state index contributed by atoms with van der Waals surface area (Å²) in [4.78, 5) is 34.1. The second-order valence-electron chi connectivity index (χ2n) is 7.13. The van der Waals surface area contributed by atoms with Crippen molar-refractivity contribution in [1.82, 2.24) is 29.7 Å². The predicted molar refractivity (Wildman–Crippen MR) is 108 cm³/mol. The smallest absolute Gasteiger partial charge is 0.246 e. The summed E-state index contributed by atoms with van der Waals surface area (Å²) in [6, 6.07) is 3.60. The molecule has 148 valence electrons. The summed E-state index contributed by atoms with van der Waals surface area (Å²) in [5.74, 6) is 1.80. The van der Waals surface area contributed by atoms with E-state index in [1.165, 1.54) is 0 Å². The van der Waals surface area contributed by atoms with Crippen molar-refractivity contribution in [3.05, 3.63) is 48.2 Å². The summed E-state index contributed by atoms with van der Waals surface area (Å²) >= 11 is 0. The van der Waals surface area contributed by atoms with Gasteiger partial charge in [-0.15, -0.1) is 0 Å². The van der Waals surface area contributed by atoms with E-state index in [0.29, 0.717) is 17.6 Å². The molecular formula is C20H27N7O. The van der Waals surface area contributed by atoms with Gasteiger partial charge in [0, 0.05) is 37.6 Å². The van der Waals surface area contributed by atoms with Crippen molar-refractivity contribution in [3.63, 3.8) is 0 Å². The van der Waals surface area contributed by atoms with Gasteiger partial charge >= 0.3 is 0 Å². The largest absolute Gasteiger partial charge is 0.331 e. The Labute approximate surface area is 165 Å². The molecule has 8 nitrogen and oxygen atoms in total. The fraction of sp³-hybridized carbons (Fsp3) is 0.450. The highest BCUT2D eigenvalue weighted by atomic mass is 16.2. The summed E-state index contributed by atoms with van der Waals surface area (Å²) in [5.41, 5.74) is 0.847. The van der Waals surface area contributed by atoms with Crippen LogP contribution in [-0.4, -0.2) is 62.8 Å². The summed E-state index contributed by atoms with van der Waals surface area (Å²) in [6.45, 7) is 3.33. The number of aryl methyl sites for hydroxylation is 1. The minimum Gasteiger partial charge on any atom is -0.331 e. The number of likely N-dealkylation sites (tertiary alicyclic amines) is 1. The van der Waals surface area contributed by atoms with Crippen LogP contribution >= 0.6 is 0 Å². The monoisotopic (exact) mass is 381 g/mol. The SMILES string of the molecule is Cc1nc(Nc2ncccn2)cc([C@@H]2CCCCN2C(=O)/C=C/CN(C)C)n1. The molecule has 0 aliphatic carbocycles. The van der Waals surface area contributed by atoms with E-state index < -0.39 is 0 Å². The van der Waals surface area contributed by atoms with E-state index in [1.54, 1.807) is 24.5 Å². The number of piperidine rings is 1. The van der Waals surface area contributed by atoms with Crippen LogP contribution in [0.25, 0.3) is 0 Å². The van der Waals surface area contributed by atoms with Crippen LogP contribution in [0.3, 0.4) is 0 Å². The molecule has 0 spiro atoms. The first kappa shape index (κ1) is 19.9. The highest BCUT2D eigenvalue weighted by molar-refractivity contribution is 5.88. The van der Waals surface area contributed by atoms with Crippen molar-refractivity contribution >= 4 is 17.7 Å². The zero-order valence-corrected chi connectivity index (χ0v) is 16.7. The van der Waals surface area contributed by atoms with Crippen LogP contribution in [0.2, 0.25) is 0 Å². The van der Waals surface area contributed by atoms with Gasteiger partial charge in [-0.1, -0.05) is 6.08 Å². The van der Waals surface area contributed by atoms with Gasteiger partial charge in [0.1, 0.15) is 11.6 Å². The number of hydrogen-bond donors (Lipinski definition) is 1. The van der Waals surface area contributed by atoms with E-state index in [9.17, 15) is 4.79 Å². The Morgan fingerprint density at radius 1 is 1.29 bits per heavy atom. The Hall–Kier alpha value is -2.87. The fourth-order valence-corrected chi connectivity index (χ4v) is 3.27. The number of aromatic nitrogens is 4. The molecule has 28 heavy (non-hydrogen) atoms. The molecule has 0 radical (unpaired) electrons. The predicted octanol–water partition coefficient (Wildman–Crippen LogP) is 2.49. The maximum atomic E-state index is 12.8. The van der Waals surface area contributed by atoms with Gasteiger partial charge < -0.3 is 15.1 Å². The molecule has 2 aromatic heterocycles. The number of rotatable bonds is 6. The molecule has 3 rings (SSSR count). The van der Waals surface area contributed by atoms with Gasteiger partial charge in [-0.2, -0.15) is 0 Å². The van der Waals surface area contributed by atoms with Crippen LogP contribution < -0.4 is 5.32 Å². The van der Waals surface area contributed by atoms with E-state index >= 15 is 0 Å². The Morgan fingerprint density at radius 2 is 2.07 bits per heavy atom. The molecule has 0 saturated carbocycles. The van der Waals surface area contributed by atoms with Gasteiger partial charge in [-0.05, 0) is 46.3 Å². The van der Waals surface area contributed by atoms with Gasteiger partial charge in [0.25, 0.3) is 0 Å². The minimum absolute atomic E-state index is 0.0312. The molecule has 1 fully saturated rings. The first-order valence-corrected chi connectivity index (χ1v) is 9.54. The number of amides is 1. The fourth-order valence-electron chi connectivity index (χ4n) is 3.27. The molecular weight excluding hydrogens is 354 g/mol. The number of nitrogens with zero attached hydrogens (tertiary/aromatic N) is 6. The lowest BCUT2D eigenvalue weighted by molar-refractivity contribution is -0.129. The first-order chi connectivity index (χ1) is 13.5. The molecule has 1 aliphatic heterocycles. The zero-order chi connectivity index (χ0) is 19.9. The summed E-state index contributed by atoms with van der Waals surface area (Å²) in [5, 5.41) is 3.12. The highest BCUT2D eigenvalue weighted by Gasteiger charge is 2.28. The highest BCUT2D eigenvalue weighted by Crippen LogP contribution is 2.31. The standard InChI is InChI=1S/C20H27N7O/c1-15-23-16(14-18(24-15)25-20-21-10-7-11-22-20)17-8-4-5-13-27(17)19(28)9-6-12-26(2)3/h6-7,9-11,14,17H,4-5,8,12-13H2,1-3H3,(H,21,22,23,24,25)/b9-6+/t17-/m0/s1. The van der Waals surface area contributed by atoms with E-state index in [4.69, 9.17) is 0 Å². The molecule has 8 heteroatoms. The maximum absolute atomic E-state index is 12.8. The van der Waals surface area contributed by atoms with E-state index in [1.807, 2.05) is 43.0 Å². The van der Waals surface area contributed by atoms with E-state index in [0.717, 1.165) is 38.0 Å². The van der Waals surface area contributed by atoms with Crippen LogP contribution in [0.15, 0.2) is 36.7 Å².